The van der Waals surface area contributed by atoms with E-state index in [4.69, 9.17) is 0 Å². The van der Waals surface area contributed by atoms with Crippen LogP contribution in [0.3, 0.4) is 0 Å². The second-order valence-electron chi connectivity index (χ2n) is 5.96. The lowest BCUT2D eigenvalue weighted by molar-refractivity contribution is 0.158. The zero-order valence-electron chi connectivity index (χ0n) is 11.7. The van der Waals surface area contributed by atoms with Gasteiger partial charge in [-0.2, -0.15) is 11.8 Å². The zero-order chi connectivity index (χ0) is 12.3. The van der Waals surface area contributed by atoms with Crippen molar-refractivity contribution in [3.8, 4) is 0 Å². The number of hydrogen-bond acceptors (Lipinski definition) is 3. The summed E-state index contributed by atoms with van der Waals surface area (Å²) in [6, 6.07) is 0.781. The molecule has 100 valence electrons. The Labute approximate surface area is 111 Å². The standard InChI is InChI=1S/C14H28N2S/c1-4-13(10-17-3)16-9-5-8-15-14(2,11-16)12-6-7-12/h12-13,15H,4-11H2,1-3H3. The Morgan fingerprint density at radius 1 is 1.47 bits per heavy atom. The summed E-state index contributed by atoms with van der Waals surface area (Å²) in [5, 5.41) is 3.82. The fourth-order valence-electron chi connectivity index (χ4n) is 3.19. The van der Waals surface area contributed by atoms with Gasteiger partial charge in [0.1, 0.15) is 0 Å². The number of rotatable bonds is 5. The van der Waals surface area contributed by atoms with Crippen molar-refractivity contribution in [2.24, 2.45) is 5.92 Å². The predicted octanol–water partition coefficient (Wildman–Crippen LogP) is 2.59. The summed E-state index contributed by atoms with van der Waals surface area (Å²) in [5.74, 6) is 2.23. The van der Waals surface area contributed by atoms with Crippen LogP contribution in [-0.2, 0) is 0 Å². The first kappa shape index (κ1) is 13.7. The maximum absolute atomic E-state index is 3.82. The van der Waals surface area contributed by atoms with Crippen LogP contribution < -0.4 is 5.32 Å². The summed E-state index contributed by atoms with van der Waals surface area (Å²) in [6.45, 7) is 8.55. The zero-order valence-corrected chi connectivity index (χ0v) is 12.5. The molecule has 1 N–H and O–H groups in total. The molecule has 0 amide bonds. The number of nitrogens with zero attached hydrogens (tertiary/aromatic N) is 1. The van der Waals surface area contributed by atoms with Crippen molar-refractivity contribution in [2.75, 3.05) is 31.6 Å². The van der Waals surface area contributed by atoms with E-state index in [9.17, 15) is 0 Å². The van der Waals surface area contributed by atoms with Crippen molar-refractivity contribution < 1.29 is 0 Å². The highest BCUT2D eigenvalue weighted by Crippen LogP contribution is 2.40. The van der Waals surface area contributed by atoms with Crippen LogP contribution in [0.25, 0.3) is 0 Å². The Morgan fingerprint density at radius 3 is 2.82 bits per heavy atom. The van der Waals surface area contributed by atoms with Gasteiger partial charge in [-0.15, -0.1) is 0 Å². The maximum atomic E-state index is 3.82. The third-order valence-corrected chi connectivity index (χ3v) is 5.23. The first-order chi connectivity index (χ1) is 8.19. The van der Waals surface area contributed by atoms with Crippen molar-refractivity contribution in [1.29, 1.82) is 0 Å². The molecule has 1 aliphatic heterocycles. The van der Waals surface area contributed by atoms with E-state index in [0.29, 0.717) is 5.54 Å². The van der Waals surface area contributed by atoms with Crippen molar-refractivity contribution in [3.63, 3.8) is 0 Å². The second kappa shape index (κ2) is 5.94. The van der Waals surface area contributed by atoms with E-state index in [2.05, 4.69) is 30.3 Å². The lowest BCUT2D eigenvalue weighted by atomic mass is 9.94. The number of thioether (sulfide) groups is 1. The fraction of sp³-hybridized carbons (Fsp3) is 1.00. The molecule has 1 saturated heterocycles. The summed E-state index contributed by atoms with van der Waals surface area (Å²) < 4.78 is 0. The van der Waals surface area contributed by atoms with E-state index in [-0.39, 0.29) is 0 Å². The van der Waals surface area contributed by atoms with Crippen molar-refractivity contribution in [2.45, 2.75) is 51.1 Å². The molecule has 2 atom stereocenters. The van der Waals surface area contributed by atoms with Crippen LogP contribution in [0.15, 0.2) is 0 Å². The second-order valence-corrected chi connectivity index (χ2v) is 6.87. The van der Waals surface area contributed by atoms with E-state index in [1.165, 1.54) is 51.1 Å². The van der Waals surface area contributed by atoms with Crippen LogP contribution in [0, 0.1) is 5.92 Å². The molecule has 2 fully saturated rings. The van der Waals surface area contributed by atoms with E-state index < -0.39 is 0 Å². The molecule has 1 saturated carbocycles. The summed E-state index contributed by atoms with van der Waals surface area (Å²) >= 11 is 2.00. The fourth-order valence-corrected chi connectivity index (χ4v) is 4.02. The van der Waals surface area contributed by atoms with E-state index in [0.717, 1.165) is 12.0 Å². The minimum Gasteiger partial charge on any atom is -0.310 e. The van der Waals surface area contributed by atoms with E-state index in [1.807, 2.05) is 11.8 Å². The van der Waals surface area contributed by atoms with Gasteiger partial charge in [-0.3, -0.25) is 4.90 Å². The molecule has 0 spiro atoms. The smallest absolute Gasteiger partial charge is 0.0308 e. The molecule has 0 radical (unpaired) electrons. The van der Waals surface area contributed by atoms with Crippen LogP contribution in [0.1, 0.15) is 39.5 Å². The molecule has 2 aliphatic rings. The first-order valence-corrected chi connectivity index (χ1v) is 8.57. The molecular formula is C14H28N2S. The molecule has 0 bridgehead atoms. The van der Waals surface area contributed by atoms with Gasteiger partial charge in [0.2, 0.25) is 0 Å². The monoisotopic (exact) mass is 256 g/mol. The van der Waals surface area contributed by atoms with E-state index >= 15 is 0 Å². The molecule has 3 heteroatoms. The van der Waals surface area contributed by atoms with Crippen LogP contribution in [0.2, 0.25) is 0 Å². The molecule has 2 nitrogen and oxygen atoms in total. The van der Waals surface area contributed by atoms with Gasteiger partial charge in [-0.1, -0.05) is 6.92 Å². The van der Waals surface area contributed by atoms with Gasteiger partial charge in [0.15, 0.2) is 0 Å². The maximum Gasteiger partial charge on any atom is 0.0308 e. The normalized spacial score (nSPS) is 33.4. The highest BCUT2D eigenvalue weighted by molar-refractivity contribution is 7.98. The average Bonchev–Trinajstić information content (AvgIpc) is 3.12. The Kier molecular flexibility index (Phi) is 4.79. The molecule has 1 heterocycles. The molecule has 2 rings (SSSR count). The van der Waals surface area contributed by atoms with Crippen LogP contribution >= 0.6 is 11.8 Å². The first-order valence-electron chi connectivity index (χ1n) is 7.17. The average molecular weight is 256 g/mol. The van der Waals surface area contributed by atoms with Gasteiger partial charge in [-0.05, 0) is 57.9 Å². The number of hydrogen-bond donors (Lipinski definition) is 1. The van der Waals surface area contributed by atoms with Gasteiger partial charge >= 0.3 is 0 Å². The quantitative estimate of drug-likeness (QED) is 0.814. The molecule has 2 unspecified atom stereocenters. The number of nitrogens with one attached hydrogen (secondary N) is 1. The summed E-state index contributed by atoms with van der Waals surface area (Å²) in [5.41, 5.74) is 0.391. The van der Waals surface area contributed by atoms with Gasteiger partial charge in [0, 0.05) is 23.9 Å². The van der Waals surface area contributed by atoms with Crippen molar-refractivity contribution >= 4 is 11.8 Å². The topological polar surface area (TPSA) is 15.3 Å². The van der Waals surface area contributed by atoms with Crippen LogP contribution in [-0.4, -0.2) is 48.1 Å². The molecule has 0 aromatic rings. The molecule has 0 aromatic carbocycles. The molecule has 0 aromatic heterocycles. The summed E-state index contributed by atoms with van der Waals surface area (Å²) in [7, 11) is 0. The Balaban J connectivity index is 2.00. The van der Waals surface area contributed by atoms with Gasteiger partial charge in [0.05, 0.1) is 0 Å². The predicted molar refractivity (Wildman–Crippen MR) is 77.8 cm³/mol. The highest BCUT2D eigenvalue weighted by atomic mass is 32.2. The minimum atomic E-state index is 0.391. The Morgan fingerprint density at radius 2 is 2.24 bits per heavy atom. The van der Waals surface area contributed by atoms with Crippen molar-refractivity contribution in [1.82, 2.24) is 10.2 Å². The lowest BCUT2D eigenvalue weighted by Gasteiger charge is -2.37. The Hall–Kier alpha value is 0.270. The van der Waals surface area contributed by atoms with Gasteiger partial charge in [0.25, 0.3) is 0 Å². The summed E-state index contributed by atoms with van der Waals surface area (Å²) in [6.07, 6.45) is 7.72. The van der Waals surface area contributed by atoms with Crippen molar-refractivity contribution in [3.05, 3.63) is 0 Å². The third kappa shape index (κ3) is 3.39. The Bertz CT molecular complexity index is 242. The lowest BCUT2D eigenvalue weighted by Crippen LogP contribution is -2.53. The largest absolute Gasteiger partial charge is 0.310 e. The van der Waals surface area contributed by atoms with Crippen LogP contribution in [0.5, 0.6) is 0 Å². The molecule has 1 aliphatic carbocycles. The SMILES string of the molecule is CCC(CSC)N1CCCNC(C)(C2CC2)C1. The van der Waals surface area contributed by atoms with Gasteiger partial charge < -0.3 is 5.32 Å². The third-order valence-electron chi connectivity index (χ3n) is 4.51. The van der Waals surface area contributed by atoms with Crippen LogP contribution in [0.4, 0.5) is 0 Å². The van der Waals surface area contributed by atoms with Gasteiger partial charge in [-0.25, -0.2) is 0 Å². The summed E-state index contributed by atoms with van der Waals surface area (Å²) in [4.78, 5) is 2.76. The molecule has 17 heavy (non-hydrogen) atoms. The minimum absolute atomic E-state index is 0.391. The highest BCUT2D eigenvalue weighted by Gasteiger charge is 2.43. The van der Waals surface area contributed by atoms with E-state index in [1.54, 1.807) is 0 Å². The molecular weight excluding hydrogens is 228 g/mol.